The van der Waals surface area contributed by atoms with Crippen LogP contribution in [0.2, 0.25) is 0 Å². The smallest absolute Gasteiger partial charge is 0.324 e. The Morgan fingerprint density at radius 1 is 1.12 bits per heavy atom. The largest absolute Gasteiger partial charge is 0.438 e. The van der Waals surface area contributed by atoms with E-state index in [0.29, 0.717) is 16.8 Å². The van der Waals surface area contributed by atoms with E-state index >= 15 is 0 Å². The molecule has 0 aliphatic heterocycles. The quantitative estimate of drug-likeness (QED) is 0.571. The van der Waals surface area contributed by atoms with E-state index < -0.39 is 29.4 Å². The SMILES string of the molecule is CC[C@H](C(=O)Nc1cccc(C(C)=O)c1)n1c(=O)c(C(F)(F)F)nc2cc(C)c(C)cc21. The number of alkyl halides is 3. The number of anilines is 1. The summed E-state index contributed by atoms with van der Waals surface area (Å²) in [7, 11) is 0. The van der Waals surface area contributed by atoms with Gasteiger partial charge in [-0.3, -0.25) is 19.0 Å². The van der Waals surface area contributed by atoms with Gasteiger partial charge in [-0.2, -0.15) is 13.2 Å². The van der Waals surface area contributed by atoms with Crippen LogP contribution >= 0.6 is 0 Å². The number of ketones is 1. The third kappa shape index (κ3) is 4.42. The summed E-state index contributed by atoms with van der Waals surface area (Å²) < 4.78 is 41.6. The van der Waals surface area contributed by atoms with Crippen LogP contribution in [0.3, 0.4) is 0 Å². The summed E-state index contributed by atoms with van der Waals surface area (Å²) in [6.45, 7) is 6.46. The molecule has 3 rings (SSSR count). The lowest BCUT2D eigenvalue weighted by Gasteiger charge is -2.22. The van der Waals surface area contributed by atoms with Gasteiger partial charge in [0.05, 0.1) is 11.0 Å². The number of amides is 1. The monoisotopic (exact) mass is 445 g/mol. The summed E-state index contributed by atoms with van der Waals surface area (Å²) in [4.78, 5) is 41.1. The summed E-state index contributed by atoms with van der Waals surface area (Å²) in [5.74, 6) is -0.876. The predicted octanol–water partition coefficient (Wildman–Crippen LogP) is 4.82. The van der Waals surface area contributed by atoms with Gasteiger partial charge in [-0.1, -0.05) is 19.1 Å². The zero-order valence-corrected chi connectivity index (χ0v) is 18.0. The highest BCUT2D eigenvalue weighted by Crippen LogP contribution is 2.29. The molecule has 6 nitrogen and oxygen atoms in total. The molecule has 0 fully saturated rings. The number of rotatable bonds is 5. The molecular weight excluding hydrogens is 423 g/mol. The van der Waals surface area contributed by atoms with E-state index in [1.807, 2.05) is 0 Å². The normalized spacial score (nSPS) is 12.6. The number of aromatic nitrogens is 2. The summed E-state index contributed by atoms with van der Waals surface area (Å²) in [6.07, 6.45) is -4.92. The van der Waals surface area contributed by atoms with Crippen molar-refractivity contribution in [2.24, 2.45) is 0 Å². The van der Waals surface area contributed by atoms with E-state index in [9.17, 15) is 27.6 Å². The Morgan fingerprint density at radius 3 is 2.38 bits per heavy atom. The number of nitrogens with zero attached hydrogens (tertiary/aromatic N) is 2. The Morgan fingerprint density at radius 2 is 1.78 bits per heavy atom. The van der Waals surface area contributed by atoms with E-state index in [0.717, 1.165) is 10.1 Å². The molecule has 0 spiro atoms. The number of fused-ring (bicyclic) bond motifs is 1. The molecule has 9 heteroatoms. The number of hydrogen-bond acceptors (Lipinski definition) is 4. The number of benzene rings is 2. The lowest BCUT2D eigenvalue weighted by atomic mass is 10.1. The Kier molecular flexibility index (Phi) is 6.20. The van der Waals surface area contributed by atoms with Crippen molar-refractivity contribution in [1.29, 1.82) is 0 Å². The van der Waals surface area contributed by atoms with Gasteiger partial charge in [0.25, 0.3) is 5.56 Å². The molecule has 0 saturated heterocycles. The van der Waals surface area contributed by atoms with E-state index in [4.69, 9.17) is 0 Å². The lowest BCUT2D eigenvalue weighted by Crippen LogP contribution is -2.37. The molecular formula is C23H22F3N3O3. The van der Waals surface area contributed by atoms with Crippen molar-refractivity contribution in [3.63, 3.8) is 0 Å². The third-order valence-electron chi connectivity index (χ3n) is 5.31. The standard InChI is InChI=1S/C23H22F3N3O3/c1-5-18(21(31)27-16-8-6-7-15(11-16)14(4)30)29-19-10-13(3)12(2)9-17(19)28-20(22(29)32)23(24,25)26/h6-11,18H,5H2,1-4H3,(H,27,31)/t18-/m1/s1. The van der Waals surface area contributed by atoms with Crippen molar-refractivity contribution >= 4 is 28.4 Å². The number of carbonyl (C=O) groups excluding carboxylic acids is 2. The van der Waals surface area contributed by atoms with Crippen LogP contribution in [0.5, 0.6) is 0 Å². The minimum atomic E-state index is -4.98. The van der Waals surface area contributed by atoms with Crippen LogP contribution in [0, 0.1) is 13.8 Å². The Labute approximate surface area is 182 Å². The topological polar surface area (TPSA) is 81.1 Å². The molecule has 0 unspecified atom stereocenters. The highest BCUT2D eigenvalue weighted by molar-refractivity contribution is 5.98. The first-order valence-electron chi connectivity index (χ1n) is 9.96. The number of halogens is 3. The molecule has 168 valence electrons. The van der Waals surface area contributed by atoms with Crippen LogP contribution in [0.4, 0.5) is 18.9 Å². The fourth-order valence-corrected chi connectivity index (χ4v) is 3.48. The molecule has 1 heterocycles. The van der Waals surface area contributed by atoms with E-state index in [1.165, 1.54) is 19.1 Å². The molecule has 1 atom stereocenters. The fourth-order valence-electron chi connectivity index (χ4n) is 3.48. The van der Waals surface area contributed by atoms with Crippen molar-refractivity contribution in [1.82, 2.24) is 9.55 Å². The first-order valence-corrected chi connectivity index (χ1v) is 9.96. The van der Waals surface area contributed by atoms with Gasteiger partial charge in [-0.05, 0) is 62.6 Å². The molecule has 32 heavy (non-hydrogen) atoms. The van der Waals surface area contributed by atoms with Crippen molar-refractivity contribution < 1.29 is 22.8 Å². The van der Waals surface area contributed by atoms with E-state index in [2.05, 4.69) is 10.3 Å². The fraction of sp³-hybridized carbons (Fsp3) is 0.304. The Bertz CT molecular complexity index is 1280. The minimum absolute atomic E-state index is 0.0233. The number of Topliss-reactive ketones (excluding diaryl/α,β-unsaturated/α-hetero) is 1. The van der Waals surface area contributed by atoms with Crippen LogP contribution in [0.25, 0.3) is 11.0 Å². The third-order valence-corrected chi connectivity index (χ3v) is 5.31. The van der Waals surface area contributed by atoms with Gasteiger partial charge in [0.1, 0.15) is 6.04 Å². The summed E-state index contributed by atoms with van der Waals surface area (Å²) >= 11 is 0. The van der Waals surface area contributed by atoms with E-state index in [-0.39, 0.29) is 23.2 Å². The second kappa shape index (κ2) is 8.57. The van der Waals surface area contributed by atoms with Crippen LogP contribution in [0.1, 0.15) is 53.5 Å². The van der Waals surface area contributed by atoms with Crippen LogP contribution in [-0.2, 0) is 11.0 Å². The summed E-state index contributed by atoms with van der Waals surface area (Å²) in [5.41, 5.74) is -0.705. The van der Waals surface area contributed by atoms with Crippen LogP contribution in [0.15, 0.2) is 41.2 Å². The first-order chi connectivity index (χ1) is 14.9. The maximum atomic E-state index is 13.6. The van der Waals surface area contributed by atoms with Gasteiger partial charge < -0.3 is 5.32 Å². The van der Waals surface area contributed by atoms with Crippen LogP contribution in [-0.4, -0.2) is 21.2 Å². The van der Waals surface area contributed by atoms with Gasteiger partial charge in [0.2, 0.25) is 11.6 Å². The lowest BCUT2D eigenvalue weighted by molar-refractivity contribution is -0.142. The van der Waals surface area contributed by atoms with Gasteiger partial charge in [0.15, 0.2) is 5.78 Å². The Hall–Kier alpha value is -3.49. The zero-order chi connectivity index (χ0) is 23.8. The van der Waals surface area contributed by atoms with Crippen molar-refractivity contribution in [3.05, 3.63) is 69.1 Å². The molecule has 1 N–H and O–H groups in total. The van der Waals surface area contributed by atoms with Gasteiger partial charge in [-0.15, -0.1) is 0 Å². The van der Waals surface area contributed by atoms with E-state index in [1.54, 1.807) is 45.0 Å². The second-order valence-corrected chi connectivity index (χ2v) is 7.61. The number of aryl methyl sites for hydroxylation is 2. The number of nitrogens with one attached hydrogen (secondary N) is 1. The molecule has 1 amide bonds. The average molecular weight is 445 g/mol. The number of hydrogen-bond donors (Lipinski definition) is 1. The molecule has 0 bridgehead atoms. The maximum absolute atomic E-state index is 13.6. The number of carbonyl (C=O) groups is 2. The minimum Gasteiger partial charge on any atom is -0.324 e. The molecule has 0 aliphatic carbocycles. The maximum Gasteiger partial charge on any atom is 0.438 e. The molecule has 0 aliphatic rings. The molecule has 2 aromatic carbocycles. The van der Waals surface area contributed by atoms with Gasteiger partial charge in [0, 0.05) is 11.3 Å². The predicted molar refractivity (Wildman–Crippen MR) is 115 cm³/mol. The highest BCUT2D eigenvalue weighted by Gasteiger charge is 2.38. The highest BCUT2D eigenvalue weighted by atomic mass is 19.4. The summed E-state index contributed by atoms with van der Waals surface area (Å²) in [5, 5.41) is 2.61. The van der Waals surface area contributed by atoms with Gasteiger partial charge in [-0.25, -0.2) is 4.98 Å². The van der Waals surface area contributed by atoms with Gasteiger partial charge >= 0.3 is 6.18 Å². The Balaban J connectivity index is 2.18. The van der Waals surface area contributed by atoms with Crippen molar-refractivity contribution in [3.8, 4) is 0 Å². The average Bonchev–Trinajstić information content (AvgIpc) is 2.70. The first kappa shape index (κ1) is 23.2. The molecule has 0 radical (unpaired) electrons. The molecule has 0 saturated carbocycles. The van der Waals surface area contributed by atoms with Crippen molar-refractivity contribution in [2.45, 2.75) is 46.3 Å². The zero-order valence-electron chi connectivity index (χ0n) is 18.0. The second-order valence-electron chi connectivity index (χ2n) is 7.61. The molecule has 1 aromatic heterocycles. The van der Waals surface area contributed by atoms with Crippen molar-refractivity contribution in [2.75, 3.05) is 5.32 Å². The van der Waals surface area contributed by atoms with Crippen LogP contribution < -0.4 is 10.9 Å². The summed E-state index contributed by atoms with van der Waals surface area (Å²) in [6, 6.07) is 7.99. The molecule has 3 aromatic rings.